The van der Waals surface area contributed by atoms with Crippen molar-refractivity contribution in [2.45, 2.75) is 32.7 Å². The van der Waals surface area contributed by atoms with Gasteiger partial charge in [0.25, 0.3) is 0 Å². The van der Waals surface area contributed by atoms with Gasteiger partial charge >= 0.3 is 0 Å². The summed E-state index contributed by atoms with van der Waals surface area (Å²) in [4.78, 5) is 0. The molecule has 0 radical (unpaired) electrons. The maximum atomic E-state index is 3.28. The Kier molecular flexibility index (Phi) is 4.75. The van der Waals surface area contributed by atoms with Crippen molar-refractivity contribution in [2.75, 3.05) is 7.05 Å². The number of hydrogen-bond donors (Lipinski definition) is 1. The molecule has 1 atom stereocenters. The lowest BCUT2D eigenvalue weighted by Gasteiger charge is -2.10. The van der Waals surface area contributed by atoms with Gasteiger partial charge in [-0.1, -0.05) is 54.1 Å². The maximum absolute atomic E-state index is 3.28. The van der Waals surface area contributed by atoms with Crippen molar-refractivity contribution in [1.29, 1.82) is 0 Å². The Hall–Kier alpha value is -1.60. The first-order valence-corrected chi connectivity index (χ1v) is 7.02. The van der Waals surface area contributed by atoms with Crippen LogP contribution >= 0.6 is 0 Å². The van der Waals surface area contributed by atoms with Crippen LogP contribution in [-0.2, 0) is 6.42 Å². The van der Waals surface area contributed by atoms with E-state index < -0.39 is 0 Å². The summed E-state index contributed by atoms with van der Waals surface area (Å²) in [5.41, 5.74) is 5.33. The van der Waals surface area contributed by atoms with E-state index >= 15 is 0 Å². The molecule has 0 fully saturated rings. The Balaban J connectivity index is 2.06. The van der Waals surface area contributed by atoms with E-state index in [2.05, 4.69) is 67.7 Å². The normalized spacial score (nSPS) is 12.4. The fourth-order valence-electron chi connectivity index (χ4n) is 2.22. The molecule has 2 aromatic rings. The van der Waals surface area contributed by atoms with Crippen molar-refractivity contribution >= 4 is 0 Å². The van der Waals surface area contributed by atoms with Gasteiger partial charge in [-0.05, 0) is 50.4 Å². The molecule has 0 aliphatic rings. The van der Waals surface area contributed by atoms with Crippen molar-refractivity contribution in [3.63, 3.8) is 0 Å². The lowest BCUT2D eigenvalue weighted by atomic mass is 10.00. The molecule has 1 heteroatoms. The monoisotopic (exact) mass is 253 g/mol. The standard InChI is InChI=1S/C18H23N/c1-14-5-4-6-18(13-14)17-11-9-16(10-12-17)8-7-15(2)19-3/h4-6,9-13,15,19H,7-8H2,1-3H3. The summed E-state index contributed by atoms with van der Waals surface area (Å²) in [7, 11) is 2.02. The molecule has 1 N–H and O–H groups in total. The number of aryl methyl sites for hydroxylation is 2. The fourth-order valence-corrected chi connectivity index (χ4v) is 2.22. The number of hydrogen-bond acceptors (Lipinski definition) is 1. The summed E-state index contributed by atoms with van der Waals surface area (Å²) < 4.78 is 0. The second kappa shape index (κ2) is 6.53. The van der Waals surface area contributed by atoms with Gasteiger partial charge in [-0.25, -0.2) is 0 Å². The molecule has 19 heavy (non-hydrogen) atoms. The zero-order chi connectivity index (χ0) is 13.7. The fraction of sp³-hybridized carbons (Fsp3) is 0.333. The molecule has 0 bridgehead atoms. The van der Waals surface area contributed by atoms with E-state index in [0.717, 1.165) is 6.42 Å². The van der Waals surface area contributed by atoms with Crippen LogP contribution in [0.15, 0.2) is 48.5 Å². The smallest absolute Gasteiger partial charge is 0.00388 e. The van der Waals surface area contributed by atoms with Gasteiger partial charge < -0.3 is 5.32 Å². The van der Waals surface area contributed by atoms with Crippen LogP contribution in [0.4, 0.5) is 0 Å². The van der Waals surface area contributed by atoms with E-state index in [4.69, 9.17) is 0 Å². The van der Waals surface area contributed by atoms with E-state index in [1.807, 2.05) is 7.05 Å². The van der Waals surface area contributed by atoms with Crippen LogP contribution in [0.5, 0.6) is 0 Å². The Bertz CT molecular complexity index is 513. The topological polar surface area (TPSA) is 12.0 Å². The molecule has 0 aromatic heterocycles. The van der Waals surface area contributed by atoms with Crippen LogP contribution in [0.3, 0.4) is 0 Å². The van der Waals surface area contributed by atoms with E-state index in [-0.39, 0.29) is 0 Å². The van der Waals surface area contributed by atoms with E-state index in [1.165, 1.54) is 28.7 Å². The molecule has 0 spiro atoms. The average molecular weight is 253 g/mol. The lowest BCUT2D eigenvalue weighted by Crippen LogP contribution is -2.21. The minimum atomic E-state index is 0.580. The molecule has 100 valence electrons. The summed E-state index contributed by atoms with van der Waals surface area (Å²) in [6.07, 6.45) is 2.32. The number of benzene rings is 2. The Labute approximate surface area is 116 Å². The van der Waals surface area contributed by atoms with Crippen molar-refractivity contribution in [2.24, 2.45) is 0 Å². The van der Waals surface area contributed by atoms with Gasteiger partial charge in [-0.15, -0.1) is 0 Å². The molecule has 1 unspecified atom stereocenters. The third-order valence-corrected chi connectivity index (χ3v) is 3.66. The van der Waals surface area contributed by atoms with Crippen LogP contribution in [0.1, 0.15) is 24.5 Å². The minimum absolute atomic E-state index is 0.580. The third-order valence-electron chi connectivity index (χ3n) is 3.66. The molecule has 0 amide bonds. The highest BCUT2D eigenvalue weighted by Gasteiger charge is 2.01. The number of nitrogens with one attached hydrogen (secondary N) is 1. The van der Waals surface area contributed by atoms with Crippen molar-refractivity contribution in [1.82, 2.24) is 5.32 Å². The molecule has 2 aromatic carbocycles. The van der Waals surface area contributed by atoms with Crippen LogP contribution in [-0.4, -0.2) is 13.1 Å². The van der Waals surface area contributed by atoms with Crippen molar-refractivity contribution in [3.8, 4) is 11.1 Å². The first kappa shape index (κ1) is 13.8. The quantitative estimate of drug-likeness (QED) is 0.842. The van der Waals surface area contributed by atoms with Gasteiger partial charge in [0.05, 0.1) is 0 Å². The summed E-state index contributed by atoms with van der Waals surface area (Å²) in [6.45, 7) is 4.36. The first-order valence-electron chi connectivity index (χ1n) is 7.02. The summed E-state index contributed by atoms with van der Waals surface area (Å²) in [5.74, 6) is 0. The molecule has 0 aliphatic heterocycles. The predicted octanol–water partition coefficient (Wildman–Crippen LogP) is 4.20. The van der Waals surface area contributed by atoms with Gasteiger partial charge in [0.15, 0.2) is 0 Å². The maximum Gasteiger partial charge on any atom is 0.00388 e. The summed E-state index contributed by atoms with van der Waals surface area (Å²) in [5, 5.41) is 3.28. The molecular weight excluding hydrogens is 230 g/mol. The van der Waals surface area contributed by atoms with Gasteiger partial charge in [0.2, 0.25) is 0 Å². The Morgan fingerprint density at radius 1 is 1.00 bits per heavy atom. The lowest BCUT2D eigenvalue weighted by molar-refractivity contribution is 0.565. The van der Waals surface area contributed by atoms with Crippen LogP contribution in [0.25, 0.3) is 11.1 Å². The highest BCUT2D eigenvalue weighted by molar-refractivity contribution is 5.64. The minimum Gasteiger partial charge on any atom is -0.317 e. The zero-order valence-electron chi connectivity index (χ0n) is 12.1. The van der Waals surface area contributed by atoms with Gasteiger partial charge in [0, 0.05) is 6.04 Å². The van der Waals surface area contributed by atoms with Crippen LogP contribution in [0.2, 0.25) is 0 Å². The third kappa shape index (κ3) is 3.93. The van der Waals surface area contributed by atoms with E-state index in [9.17, 15) is 0 Å². The highest BCUT2D eigenvalue weighted by atomic mass is 14.8. The van der Waals surface area contributed by atoms with E-state index in [0.29, 0.717) is 6.04 Å². The molecule has 1 nitrogen and oxygen atoms in total. The Morgan fingerprint density at radius 2 is 1.74 bits per heavy atom. The Morgan fingerprint density at radius 3 is 2.37 bits per heavy atom. The number of rotatable bonds is 5. The van der Waals surface area contributed by atoms with Gasteiger partial charge in [-0.3, -0.25) is 0 Å². The van der Waals surface area contributed by atoms with Crippen molar-refractivity contribution < 1.29 is 0 Å². The van der Waals surface area contributed by atoms with Gasteiger partial charge in [-0.2, -0.15) is 0 Å². The van der Waals surface area contributed by atoms with Crippen molar-refractivity contribution in [3.05, 3.63) is 59.7 Å². The molecule has 2 rings (SSSR count). The largest absolute Gasteiger partial charge is 0.317 e. The molecule has 0 saturated heterocycles. The molecular formula is C18H23N. The summed E-state index contributed by atoms with van der Waals surface area (Å²) in [6, 6.07) is 18.2. The summed E-state index contributed by atoms with van der Waals surface area (Å²) >= 11 is 0. The average Bonchev–Trinajstić information content (AvgIpc) is 2.45. The molecule has 0 aliphatic carbocycles. The van der Waals surface area contributed by atoms with E-state index in [1.54, 1.807) is 0 Å². The predicted molar refractivity (Wildman–Crippen MR) is 83.5 cm³/mol. The molecule has 0 heterocycles. The van der Waals surface area contributed by atoms with Gasteiger partial charge in [0.1, 0.15) is 0 Å². The first-order chi connectivity index (χ1) is 9.19. The van der Waals surface area contributed by atoms with Crippen LogP contribution in [0, 0.1) is 6.92 Å². The zero-order valence-corrected chi connectivity index (χ0v) is 12.1. The second-order valence-electron chi connectivity index (χ2n) is 5.29. The SMILES string of the molecule is CNC(C)CCc1ccc(-c2cccc(C)c2)cc1. The second-order valence-corrected chi connectivity index (χ2v) is 5.29. The highest BCUT2D eigenvalue weighted by Crippen LogP contribution is 2.21. The van der Waals surface area contributed by atoms with Crippen LogP contribution < -0.4 is 5.32 Å². The molecule has 0 saturated carbocycles.